The number of hydrogen-bond donors (Lipinski definition) is 1. The molecule has 2 rings (SSSR count). The van der Waals surface area contributed by atoms with Gasteiger partial charge in [-0.2, -0.15) is 0 Å². The fraction of sp³-hybridized carbons (Fsp3) is 0.294. The monoisotopic (exact) mass is 352 g/mol. The summed E-state index contributed by atoms with van der Waals surface area (Å²) in [5.41, 5.74) is 1.53. The van der Waals surface area contributed by atoms with Crippen LogP contribution in [0, 0.1) is 5.82 Å². The van der Waals surface area contributed by atoms with Crippen molar-refractivity contribution >= 4 is 15.9 Å². The Morgan fingerprint density at radius 2 is 1.81 bits per heavy atom. The van der Waals surface area contributed by atoms with E-state index in [0.29, 0.717) is 10.9 Å². The average Bonchev–Trinajstić information content (AvgIpc) is 2.37. The predicted molar refractivity (Wildman–Crippen MR) is 85.0 cm³/mol. The van der Waals surface area contributed by atoms with E-state index in [9.17, 15) is 9.50 Å². The van der Waals surface area contributed by atoms with Crippen molar-refractivity contribution in [3.8, 4) is 5.75 Å². The van der Waals surface area contributed by atoms with E-state index in [4.69, 9.17) is 4.74 Å². The Balaban J connectivity index is 2.07. The van der Waals surface area contributed by atoms with Crippen molar-refractivity contribution in [1.82, 2.24) is 0 Å². The highest BCUT2D eigenvalue weighted by Gasteiger charge is 2.10. The minimum absolute atomic E-state index is 0.116. The number of halogens is 2. The van der Waals surface area contributed by atoms with Crippen LogP contribution in [-0.2, 0) is 6.42 Å². The molecule has 0 saturated heterocycles. The van der Waals surface area contributed by atoms with E-state index in [0.717, 1.165) is 16.9 Å². The van der Waals surface area contributed by atoms with Crippen molar-refractivity contribution in [2.75, 3.05) is 0 Å². The largest absolute Gasteiger partial charge is 0.491 e. The van der Waals surface area contributed by atoms with Crippen molar-refractivity contribution in [3.05, 3.63) is 63.9 Å². The second-order valence-corrected chi connectivity index (χ2v) is 6.15. The first kappa shape index (κ1) is 16.0. The smallest absolute Gasteiger partial charge is 0.124 e. The number of rotatable bonds is 5. The summed E-state index contributed by atoms with van der Waals surface area (Å²) >= 11 is 3.25. The van der Waals surface area contributed by atoms with Crippen LogP contribution in [-0.4, -0.2) is 11.2 Å². The van der Waals surface area contributed by atoms with Gasteiger partial charge in [0.05, 0.1) is 12.2 Å². The van der Waals surface area contributed by atoms with Gasteiger partial charge in [0, 0.05) is 10.9 Å². The molecule has 21 heavy (non-hydrogen) atoms. The summed E-state index contributed by atoms with van der Waals surface area (Å²) in [5.74, 6) is 0.460. The number of ether oxygens (including phenoxy) is 1. The van der Waals surface area contributed by atoms with Gasteiger partial charge < -0.3 is 9.84 Å². The second-order valence-electron chi connectivity index (χ2n) is 5.23. The molecule has 0 fully saturated rings. The molecule has 1 N–H and O–H groups in total. The van der Waals surface area contributed by atoms with E-state index >= 15 is 0 Å². The molecule has 112 valence electrons. The van der Waals surface area contributed by atoms with Crippen LogP contribution in [0.3, 0.4) is 0 Å². The van der Waals surface area contributed by atoms with Crippen molar-refractivity contribution in [3.63, 3.8) is 0 Å². The lowest BCUT2D eigenvalue weighted by atomic mass is 10.0. The quantitative estimate of drug-likeness (QED) is 0.848. The first-order valence-corrected chi connectivity index (χ1v) is 7.63. The highest BCUT2D eigenvalue weighted by molar-refractivity contribution is 9.10. The van der Waals surface area contributed by atoms with Gasteiger partial charge in [0.15, 0.2) is 0 Å². The highest BCUT2D eigenvalue weighted by Crippen LogP contribution is 2.23. The third kappa shape index (κ3) is 4.83. The maximum atomic E-state index is 13.3. The summed E-state index contributed by atoms with van der Waals surface area (Å²) < 4.78 is 19.6. The van der Waals surface area contributed by atoms with Crippen LogP contribution in [0.4, 0.5) is 4.39 Å². The van der Waals surface area contributed by atoms with E-state index in [2.05, 4.69) is 15.9 Å². The van der Waals surface area contributed by atoms with Crippen LogP contribution < -0.4 is 4.74 Å². The molecule has 2 nitrogen and oxygen atoms in total. The molecule has 1 unspecified atom stereocenters. The lowest BCUT2D eigenvalue weighted by Gasteiger charge is -2.14. The Bertz CT molecular complexity index is 576. The number of benzene rings is 2. The highest BCUT2D eigenvalue weighted by atomic mass is 79.9. The van der Waals surface area contributed by atoms with E-state index in [1.54, 1.807) is 0 Å². The van der Waals surface area contributed by atoms with Crippen LogP contribution in [0.25, 0.3) is 0 Å². The van der Waals surface area contributed by atoms with Crippen molar-refractivity contribution in [2.24, 2.45) is 0 Å². The molecule has 4 heteroatoms. The van der Waals surface area contributed by atoms with E-state index in [-0.39, 0.29) is 11.9 Å². The fourth-order valence-corrected chi connectivity index (χ4v) is 2.62. The zero-order chi connectivity index (χ0) is 15.4. The molecule has 0 amide bonds. The summed E-state index contributed by atoms with van der Waals surface area (Å²) in [5, 5.41) is 10.2. The summed E-state index contributed by atoms with van der Waals surface area (Å²) in [7, 11) is 0. The minimum Gasteiger partial charge on any atom is -0.491 e. The summed E-state index contributed by atoms with van der Waals surface area (Å²) in [6, 6.07) is 12.0. The Kier molecular flexibility index (Phi) is 5.37. The molecule has 0 bridgehead atoms. The molecular formula is C17H18BrFO2. The molecule has 0 aliphatic heterocycles. The van der Waals surface area contributed by atoms with Gasteiger partial charge in [-0.15, -0.1) is 0 Å². The molecule has 1 atom stereocenters. The van der Waals surface area contributed by atoms with Crippen molar-refractivity contribution < 1.29 is 14.2 Å². The maximum absolute atomic E-state index is 13.3. The first-order valence-electron chi connectivity index (χ1n) is 6.83. The molecule has 0 aliphatic rings. The summed E-state index contributed by atoms with van der Waals surface area (Å²) in [6.07, 6.45) is -0.196. The molecule has 0 spiro atoms. The molecule has 0 heterocycles. The third-order valence-corrected chi connectivity index (χ3v) is 3.45. The van der Waals surface area contributed by atoms with Gasteiger partial charge in [-0.25, -0.2) is 4.39 Å². The summed E-state index contributed by atoms with van der Waals surface area (Å²) in [6.45, 7) is 3.93. The van der Waals surface area contributed by atoms with Gasteiger partial charge in [0.25, 0.3) is 0 Å². The number of hydrogen-bond acceptors (Lipinski definition) is 2. The molecule has 2 aromatic carbocycles. The van der Waals surface area contributed by atoms with Crippen LogP contribution >= 0.6 is 15.9 Å². The van der Waals surface area contributed by atoms with Crippen LogP contribution in [0.15, 0.2) is 46.9 Å². The van der Waals surface area contributed by atoms with E-state index < -0.39 is 6.10 Å². The van der Waals surface area contributed by atoms with Gasteiger partial charge in [-0.1, -0.05) is 28.1 Å². The van der Waals surface area contributed by atoms with Gasteiger partial charge in [0.1, 0.15) is 11.6 Å². The number of aliphatic hydroxyl groups is 1. The van der Waals surface area contributed by atoms with Crippen molar-refractivity contribution in [1.29, 1.82) is 0 Å². The summed E-state index contributed by atoms with van der Waals surface area (Å²) in [4.78, 5) is 0. The topological polar surface area (TPSA) is 29.5 Å². The van der Waals surface area contributed by atoms with E-state index in [1.165, 1.54) is 12.1 Å². The molecule has 0 saturated carbocycles. The van der Waals surface area contributed by atoms with Gasteiger partial charge in [0.2, 0.25) is 0 Å². The Morgan fingerprint density at radius 3 is 2.38 bits per heavy atom. The Morgan fingerprint density at radius 1 is 1.14 bits per heavy atom. The first-order chi connectivity index (χ1) is 9.94. The standard InChI is InChI=1S/C17H18BrFO2/c1-11(2)21-16-5-3-13(4-6-16)17(20)9-12-7-14(18)10-15(19)8-12/h3-8,10-11,17,20H,9H2,1-2H3. The normalized spacial score (nSPS) is 12.5. The molecule has 0 radical (unpaired) electrons. The van der Waals surface area contributed by atoms with Gasteiger partial charge in [-0.3, -0.25) is 0 Å². The zero-order valence-corrected chi connectivity index (χ0v) is 13.6. The molecular weight excluding hydrogens is 335 g/mol. The van der Waals surface area contributed by atoms with Crippen LogP contribution in [0.5, 0.6) is 5.75 Å². The number of aliphatic hydroxyl groups excluding tert-OH is 1. The average molecular weight is 353 g/mol. The molecule has 0 aromatic heterocycles. The van der Waals surface area contributed by atoms with Crippen LogP contribution in [0.1, 0.15) is 31.1 Å². The molecule has 2 aromatic rings. The third-order valence-electron chi connectivity index (χ3n) is 2.99. The lowest BCUT2D eigenvalue weighted by Crippen LogP contribution is -2.06. The second kappa shape index (κ2) is 7.05. The fourth-order valence-electron chi connectivity index (χ4n) is 2.11. The Hall–Kier alpha value is -1.39. The predicted octanol–water partition coefficient (Wildman–Crippen LogP) is 4.65. The van der Waals surface area contributed by atoms with Gasteiger partial charge in [-0.05, 0) is 55.3 Å². The minimum atomic E-state index is -0.674. The van der Waals surface area contributed by atoms with Crippen molar-refractivity contribution in [2.45, 2.75) is 32.5 Å². The SMILES string of the molecule is CC(C)Oc1ccc(C(O)Cc2cc(F)cc(Br)c2)cc1. The van der Waals surface area contributed by atoms with E-state index in [1.807, 2.05) is 44.2 Å². The van der Waals surface area contributed by atoms with Crippen LogP contribution in [0.2, 0.25) is 0 Å². The van der Waals surface area contributed by atoms with Gasteiger partial charge >= 0.3 is 0 Å². The maximum Gasteiger partial charge on any atom is 0.124 e. The Labute approximate surface area is 132 Å². The molecule has 0 aliphatic carbocycles. The zero-order valence-electron chi connectivity index (χ0n) is 12.0. The lowest BCUT2D eigenvalue weighted by molar-refractivity contribution is 0.178.